The molecule has 0 saturated heterocycles. The van der Waals surface area contributed by atoms with Crippen molar-refractivity contribution in [3.63, 3.8) is 0 Å². The van der Waals surface area contributed by atoms with Crippen LogP contribution in [0.1, 0.15) is 65.7 Å². The first kappa shape index (κ1) is 26.5. The molecule has 3 unspecified atom stereocenters. The fourth-order valence-corrected chi connectivity index (χ4v) is 5.15. The molecule has 9 heteroatoms. The summed E-state index contributed by atoms with van der Waals surface area (Å²) in [4.78, 5) is 33.3. The fourth-order valence-electron chi connectivity index (χ4n) is 3.63. The van der Waals surface area contributed by atoms with Crippen molar-refractivity contribution in [1.29, 1.82) is 0 Å². The molecular formula is C18H32O6S3. The number of aliphatic carboxylic acids is 3. The van der Waals surface area contributed by atoms with E-state index in [2.05, 4.69) is 37.9 Å². The van der Waals surface area contributed by atoms with E-state index in [0.29, 0.717) is 19.3 Å². The molecule has 0 heterocycles. The lowest BCUT2D eigenvalue weighted by Gasteiger charge is -2.50. The average molecular weight is 441 g/mol. The van der Waals surface area contributed by atoms with Crippen molar-refractivity contribution >= 4 is 55.8 Å². The van der Waals surface area contributed by atoms with Gasteiger partial charge in [0.05, 0.1) is 19.3 Å². The molecule has 0 saturated carbocycles. The minimum Gasteiger partial charge on any atom is -0.481 e. The number of carboxylic acids is 3. The summed E-state index contributed by atoms with van der Waals surface area (Å²) in [6.07, 6.45) is 1.61. The number of carboxylic acid groups (broad SMARTS) is 3. The minimum absolute atomic E-state index is 0.128. The smallest absolute Gasteiger partial charge is 0.304 e. The Morgan fingerprint density at radius 1 is 0.741 bits per heavy atom. The van der Waals surface area contributed by atoms with Gasteiger partial charge in [-0.05, 0) is 30.1 Å². The highest BCUT2D eigenvalue weighted by Crippen LogP contribution is 2.54. The predicted octanol–water partition coefficient (Wildman–Crippen LogP) is 3.90. The third-order valence-corrected chi connectivity index (χ3v) is 6.52. The van der Waals surface area contributed by atoms with Gasteiger partial charge in [-0.1, -0.05) is 27.2 Å². The first-order valence-corrected chi connectivity index (χ1v) is 10.5. The molecule has 0 amide bonds. The molecule has 3 atom stereocenters. The summed E-state index contributed by atoms with van der Waals surface area (Å²) in [5.74, 6) is -2.88. The summed E-state index contributed by atoms with van der Waals surface area (Å²) in [7, 11) is 0. The van der Waals surface area contributed by atoms with Crippen LogP contribution in [0.3, 0.4) is 0 Å². The Morgan fingerprint density at radius 3 is 1.19 bits per heavy atom. The normalized spacial score (nSPS) is 17.6. The molecule has 3 N–H and O–H groups in total. The van der Waals surface area contributed by atoms with E-state index in [1.807, 2.05) is 20.8 Å². The van der Waals surface area contributed by atoms with E-state index in [0.717, 1.165) is 6.42 Å². The van der Waals surface area contributed by atoms with Crippen LogP contribution in [0.2, 0.25) is 0 Å². The molecule has 0 aromatic heterocycles. The van der Waals surface area contributed by atoms with Gasteiger partial charge in [0.15, 0.2) is 0 Å². The van der Waals surface area contributed by atoms with Gasteiger partial charge < -0.3 is 15.3 Å². The highest BCUT2D eigenvalue weighted by Gasteiger charge is 2.46. The van der Waals surface area contributed by atoms with Crippen LogP contribution in [0.15, 0.2) is 0 Å². The van der Waals surface area contributed by atoms with Crippen LogP contribution in [0.5, 0.6) is 0 Å². The maximum absolute atomic E-state index is 11.1. The molecule has 0 aliphatic heterocycles. The average Bonchev–Trinajstić information content (AvgIpc) is 2.43. The number of hydrogen-bond acceptors (Lipinski definition) is 6. The molecule has 27 heavy (non-hydrogen) atoms. The van der Waals surface area contributed by atoms with Gasteiger partial charge in [-0.2, -0.15) is 37.9 Å². The SMILES string of the molecule is CCC(C)(C)C(CC(S)CC(=O)O)(CC(S)CC(=O)O)CC(S)CC(=O)O. The number of carbonyl (C=O) groups is 3. The largest absolute Gasteiger partial charge is 0.481 e. The predicted molar refractivity (Wildman–Crippen MR) is 115 cm³/mol. The van der Waals surface area contributed by atoms with Crippen LogP contribution in [-0.2, 0) is 14.4 Å². The van der Waals surface area contributed by atoms with Crippen molar-refractivity contribution in [3.8, 4) is 0 Å². The van der Waals surface area contributed by atoms with Gasteiger partial charge in [-0.3, -0.25) is 14.4 Å². The maximum Gasteiger partial charge on any atom is 0.304 e. The summed E-state index contributed by atoms with van der Waals surface area (Å²) in [6.45, 7) is 6.09. The van der Waals surface area contributed by atoms with Gasteiger partial charge >= 0.3 is 17.9 Å². The van der Waals surface area contributed by atoms with Crippen molar-refractivity contribution in [1.82, 2.24) is 0 Å². The van der Waals surface area contributed by atoms with Crippen LogP contribution >= 0.6 is 37.9 Å². The van der Waals surface area contributed by atoms with Gasteiger partial charge in [0.1, 0.15) is 0 Å². The zero-order chi connectivity index (χ0) is 21.4. The molecule has 0 aromatic carbocycles. The molecule has 0 aliphatic carbocycles. The number of thiol groups is 3. The quantitative estimate of drug-likeness (QED) is 0.229. The van der Waals surface area contributed by atoms with Crippen molar-refractivity contribution in [2.45, 2.75) is 81.5 Å². The number of hydrogen-bond donors (Lipinski definition) is 6. The Labute approximate surface area is 177 Å². The molecule has 0 spiro atoms. The highest BCUT2D eigenvalue weighted by molar-refractivity contribution is 7.81. The summed E-state index contributed by atoms with van der Waals surface area (Å²) >= 11 is 13.4. The summed E-state index contributed by atoms with van der Waals surface area (Å²) in [5, 5.41) is 26.0. The summed E-state index contributed by atoms with van der Waals surface area (Å²) in [5.41, 5.74) is -0.862. The Hall–Kier alpha value is -0.540. The van der Waals surface area contributed by atoms with E-state index in [-0.39, 0.29) is 24.7 Å². The lowest BCUT2D eigenvalue weighted by molar-refractivity contribution is -0.137. The van der Waals surface area contributed by atoms with Crippen molar-refractivity contribution in [2.24, 2.45) is 10.8 Å². The highest BCUT2D eigenvalue weighted by atomic mass is 32.1. The fraction of sp³-hybridized carbons (Fsp3) is 0.833. The Bertz CT molecular complexity index is 463. The summed E-state index contributed by atoms with van der Waals surface area (Å²) in [6, 6.07) is 0. The van der Waals surface area contributed by atoms with Crippen molar-refractivity contribution in [2.75, 3.05) is 0 Å². The number of rotatable bonds is 14. The van der Waals surface area contributed by atoms with Gasteiger partial charge in [-0.25, -0.2) is 0 Å². The summed E-state index contributed by atoms with van der Waals surface area (Å²) < 4.78 is 0. The molecule has 0 bridgehead atoms. The third-order valence-electron chi connectivity index (χ3n) is 5.43. The lowest BCUT2D eigenvalue weighted by atomic mass is 9.57. The second kappa shape index (κ2) is 11.5. The Balaban J connectivity index is 5.90. The molecule has 0 aromatic rings. The minimum atomic E-state index is -0.959. The molecule has 0 radical (unpaired) electrons. The molecule has 0 fully saturated rings. The second-order valence-electron chi connectivity index (χ2n) is 7.89. The van der Waals surface area contributed by atoms with Crippen LogP contribution in [0.25, 0.3) is 0 Å². The zero-order valence-electron chi connectivity index (χ0n) is 16.1. The van der Waals surface area contributed by atoms with E-state index in [9.17, 15) is 14.4 Å². The standard InChI is InChI=1S/C18H32O6S3/c1-4-17(2,3)18(8-11(25)5-14(19)20,9-12(26)6-15(21)22)10-13(27)7-16(23)24/h11-13,25-27H,4-10H2,1-3H3,(H,19,20)(H,21,22)(H,23,24). The molecule has 0 rings (SSSR count). The lowest BCUT2D eigenvalue weighted by Crippen LogP contribution is -2.44. The van der Waals surface area contributed by atoms with E-state index in [1.165, 1.54) is 0 Å². The zero-order valence-corrected chi connectivity index (χ0v) is 18.8. The van der Waals surface area contributed by atoms with Crippen LogP contribution in [-0.4, -0.2) is 49.0 Å². The van der Waals surface area contributed by atoms with Crippen molar-refractivity contribution in [3.05, 3.63) is 0 Å². The van der Waals surface area contributed by atoms with Gasteiger partial charge in [0.25, 0.3) is 0 Å². The molecule has 158 valence electrons. The molecule has 0 aliphatic rings. The van der Waals surface area contributed by atoms with Crippen LogP contribution in [0, 0.1) is 10.8 Å². The third kappa shape index (κ3) is 9.47. The first-order valence-electron chi connectivity index (χ1n) is 8.94. The van der Waals surface area contributed by atoms with E-state index in [1.54, 1.807) is 0 Å². The first-order chi connectivity index (χ1) is 12.2. The van der Waals surface area contributed by atoms with E-state index in [4.69, 9.17) is 15.3 Å². The maximum atomic E-state index is 11.1. The van der Waals surface area contributed by atoms with Crippen molar-refractivity contribution < 1.29 is 29.7 Å². The van der Waals surface area contributed by atoms with Gasteiger partial charge in [0.2, 0.25) is 0 Å². The Morgan fingerprint density at radius 2 is 1.00 bits per heavy atom. The van der Waals surface area contributed by atoms with E-state index < -0.39 is 39.1 Å². The Kier molecular flexibility index (Phi) is 11.2. The topological polar surface area (TPSA) is 112 Å². The van der Waals surface area contributed by atoms with Crippen LogP contribution < -0.4 is 0 Å². The van der Waals surface area contributed by atoms with E-state index >= 15 is 0 Å². The molecular weight excluding hydrogens is 408 g/mol. The van der Waals surface area contributed by atoms with Gasteiger partial charge in [0, 0.05) is 15.7 Å². The second-order valence-corrected chi connectivity index (χ2v) is 10.1. The molecule has 6 nitrogen and oxygen atoms in total. The van der Waals surface area contributed by atoms with Crippen LogP contribution in [0.4, 0.5) is 0 Å². The van der Waals surface area contributed by atoms with Gasteiger partial charge in [-0.15, -0.1) is 0 Å². The monoisotopic (exact) mass is 440 g/mol.